The Morgan fingerprint density at radius 2 is 0.697 bits per heavy atom. The maximum absolute atomic E-state index is 13.3. The van der Waals surface area contributed by atoms with Crippen LogP contribution in [0.1, 0.15) is 190 Å². The molecule has 119 heavy (non-hydrogen) atoms. The van der Waals surface area contributed by atoms with Gasteiger partial charge in [-0.25, -0.2) is 58.0 Å². The van der Waals surface area contributed by atoms with Gasteiger partial charge in [-0.2, -0.15) is 15.0 Å². The smallest absolute Gasteiger partial charge is 0.278 e. The lowest BCUT2D eigenvalue weighted by Gasteiger charge is -2.34. The van der Waals surface area contributed by atoms with E-state index in [-0.39, 0.29) is 35.2 Å². The van der Waals surface area contributed by atoms with Gasteiger partial charge in [-0.3, -0.25) is 14.4 Å². The Bertz CT molecular complexity index is 5510. The molecule has 3 aliphatic carbocycles. The summed E-state index contributed by atoms with van der Waals surface area (Å²) < 4.78 is 9.75. The summed E-state index contributed by atoms with van der Waals surface area (Å²) in [6.07, 6.45) is 27.3. The summed E-state index contributed by atoms with van der Waals surface area (Å²) in [6.45, 7) is 28.0. The SMILES string of the molecule is C=CCn1c(=O)c2cnc(Nc3ccc(C4CCC(N(C)C)CC4)cc3)nc2n1-c1cccc(C(C)(C)O)n1.C=CCn1c(=O)c2cnc(Nc3ccc(C4CCC(N(C)C)CC4)cc3)nc2n1-c1cccc(C(C)(C)O)n1.C=CCn1c(=O)c2cnc(Nc3ccc(C4CCC(N5CCCC5)CC4)cc3)nc2n1-c1cccc(C(C)(C)C)n1. The Morgan fingerprint density at radius 1 is 0.403 bits per heavy atom. The third-order valence-electron chi connectivity index (χ3n) is 23.9. The highest BCUT2D eigenvalue weighted by atomic mass is 16.3. The van der Waals surface area contributed by atoms with Gasteiger partial charge in [-0.1, -0.05) is 93.6 Å². The first kappa shape index (κ1) is 84.0. The lowest BCUT2D eigenvalue weighted by Crippen LogP contribution is -2.35. The molecule has 622 valence electrons. The predicted octanol–water partition coefficient (Wildman–Crippen LogP) is 15.8. The number of allylic oxidation sites excluding steroid dienone is 3. The number of aliphatic hydroxyl groups is 2. The average molecular weight is 1610 g/mol. The van der Waals surface area contributed by atoms with Gasteiger partial charge in [-0.15, -0.1) is 19.7 Å². The highest BCUT2D eigenvalue weighted by Crippen LogP contribution is 2.40. The van der Waals surface area contributed by atoms with Gasteiger partial charge in [0.25, 0.3) is 16.7 Å². The fraction of sp³-hybridized carbons (Fsp3) is 0.419. The van der Waals surface area contributed by atoms with Crippen LogP contribution < -0.4 is 32.6 Å². The van der Waals surface area contributed by atoms with Crippen molar-refractivity contribution >= 4 is 68.0 Å². The molecule has 1 saturated heterocycles. The molecule has 1 aliphatic heterocycles. The first-order chi connectivity index (χ1) is 57.1. The van der Waals surface area contributed by atoms with E-state index in [0.29, 0.717) is 116 Å². The molecule has 0 bridgehead atoms. The second-order valence-corrected chi connectivity index (χ2v) is 34.7. The highest BCUT2D eigenvalue weighted by Gasteiger charge is 2.32. The van der Waals surface area contributed by atoms with Crippen LogP contribution in [0, 0.1) is 0 Å². The van der Waals surface area contributed by atoms with E-state index < -0.39 is 11.2 Å². The van der Waals surface area contributed by atoms with Crippen LogP contribution in [-0.4, -0.2) is 157 Å². The van der Waals surface area contributed by atoms with Crippen molar-refractivity contribution in [3.05, 3.63) is 249 Å². The van der Waals surface area contributed by atoms with Crippen molar-refractivity contribution in [1.29, 1.82) is 0 Å². The first-order valence-electron chi connectivity index (χ1n) is 42.0. The fourth-order valence-corrected chi connectivity index (χ4v) is 17.2. The minimum absolute atomic E-state index is 0.135. The highest BCUT2D eigenvalue weighted by molar-refractivity contribution is 5.79. The standard InChI is InChI=1S/C33H41N7O.2C30H37N7O2/c1-5-19-39-31(41)27-22-34-32(37-30(27)40(39)29-10-8-9-28(36-29)33(2,3)4)35-25-15-11-23(12-16-25)24-13-17-26(18-14-24)38-20-6-7-21-38;2*1-6-18-36-28(38)24-19-31-29(34-27(24)37(36)26-9-7-8-25(33-26)30(2,3)39)32-22-14-10-20(11-15-22)21-12-16-23(17-13-21)35(4)5/h5,8-12,15-16,22,24,26H,1,6-7,13-14,17-21H2,2-4H3,(H,34,35,37);2*6-11,14-15,19,21,23,39H,1,12-13,16-18H2,2-5H3,(H,31,32,34). The minimum atomic E-state index is -1.14. The molecule has 16 rings (SSSR count). The number of likely N-dealkylation sites (tertiary alicyclic amines) is 1. The van der Waals surface area contributed by atoms with E-state index in [9.17, 15) is 24.6 Å². The quantitative estimate of drug-likeness (QED) is 0.0372. The molecule has 26 heteroatoms. The Morgan fingerprint density at radius 3 is 0.983 bits per heavy atom. The number of benzene rings is 3. The van der Waals surface area contributed by atoms with Crippen LogP contribution in [0.3, 0.4) is 0 Å². The molecule has 3 aromatic carbocycles. The zero-order chi connectivity index (χ0) is 84.0. The number of nitrogens with one attached hydrogen (secondary N) is 3. The topological polar surface area (TPSA) is 283 Å². The zero-order valence-corrected chi connectivity index (χ0v) is 70.8. The number of fused-ring (bicyclic) bond motifs is 3. The van der Waals surface area contributed by atoms with E-state index in [4.69, 9.17) is 19.9 Å². The van der Waals surface area contributed by atoms with Crippen molar-refractivity contribution in [2.24, 2.45) is 0 Å². The van der Waals surface area contributed by atoms with Crippen molar-refractivity contribution in [3.63, 3.8) is 0 Å². The summed E-state index contributed by atoms with van der Waals surface area (Å²) in [5.74, 6) is 4.60. The van der Waals surface area contributed by atoms with Crippen LogP contribution >= 0.6 is 0 Å². The summed E-state index contributed by atoms with van der Waals surface area (Å²) in [5.41, 5.74) is 7.04. The maximum atomic E-state index is 13.3. The lowest BCUT2D eigenvalue weighted by atomic mass is 9.81. The number of hydrogen-bond donors (Lipinski definition) is 5. The summed E-state index contributed by atoms with van der Waals surface area (Å²) in [4.78, 5) is 88.9. The average Bonchev–Trinajstić information content (AvgIpc) is 1.61. The van der Waals surface area contributed by atoms with Crippen LogP contribution in [-0.2, 0) is 36.3 Å². The molecule has 0 atom stereocenters. The van der Waals surface area contributed by atoms with Gasteiger partial charge in [0.2, 0.25) is 17.8 Å². The van der Waals surface area contributed by atoms with Crippen molar-refractivity contribution in [3.8, 4) is 17.5 Å². The van der Waals surface area contributed by atoms with Crippen molar-refractivity contribution in [2.75, 3.05) is 57.2 Å². The molecule has 10 heterocycles. The van der Waals surface area contributed by atoms with Gasteiger partial charge >= 0.3 is 0 Å². The molecule has 0 amide bonds. The second kappa shape index (κ2) is 36.0. The van der Waals surface area contributed by atoms with Gasteiger partial charge in [0, 0.05) is 64.9 Å². The summed E-state index contributed by atoms with van der Waals surface area (Å²) in [6, 6.07) is 44.4. The lowest BCUT2D eigenvalue weighted by molar-refractivity contribution is 0.0733. The number of hydrogen-bond acceptors (Lipinski definition) is 20. The summed E-state index contributed by atoms with van der Waals surface area (Å²) in [5, 5.41) is 32.1. The van der Waals surface area contributed by atoms with Gasteiger partial charge in [0.05, 0.1) is 31.0 Å². The molecule has 0 radical (unpaired) electrons. The third kappa shape index (κ3) is 19.0. The summed E-state index contributed by atoms with van der Waals surface area (Å²) in [7, 11) is 8.67. The fourth-order valence-electron chi connectivity index (χ4n) is 17.2. The maximum Gasteiger partial charge on any atom is 0.278 e. The Labute approximate surface area is 696 Å². The Kier molecular flexibility index (Phi) is 25.5. The van der Waals surface area contributed by atoms with Gasteiger partial charge in [0.15, 0.2) is 34.4 Å². The molecule has 4 aliphatic rings. The molecule has 4 fully saturated rings. The molecular formula is C93H115N21O5. The largest absolute Gasteiger partial charge is 0.384 e. The minimum Gasteiger partial charge on any atom is -0.384 e. The van der Waals surface area contributed by atoms with E-state index in [1.807, 2.05) is 18.2 Å². The van der Waals surface area contributed by atoms with Gasteiger partial charge < -0.3 is 40.9 Å². The molecule has 3 saturated carbocycles. The van der Waals surface area contributed by atoms with Gasteiger partial charge in [0.1, 0.15) is 27.4 Å². The van der Waals surface area contributed by atoms with Crippen LogP contribution in [0.5, 0.6) is 0 Å². The molecule has 9 aromatic heterocycles. The van der Waals surface area contributed by atoms with Crippen LogP contribution in [0.15, 0.2) is 198 Å². The van der Waals surface area contributed by atoms with E-state index in [1.54, 1.807) is 120 Å². The van der Waals surface area contributed by atoms with Crippen LogP contribution in [0.25, 0.3) is 50.6 Å². The van der Waals surface area contributed by atoms with Crippen LogP contribution in [0.4, 0.5) is 34.9 Å². The van der Waals surface area contributed by atoms with E-state index in [0.717, 1.165) is 28.8 Å². The number of anilines is 6. The molecule has 12 aromatic rings. The van der Waals surface area contributed by atoms with Gasteiger partial charge in [-0.05, 0) is 266 Å². The molecule has 0 spiro atoms. The van der Waals surface area contributed by atoms with E-state index in [2.05, 4.69) is 197 Å². The third-order valence-corrected chi connectivity index (χ3v) is 23.9. The number of rotatable bonds is 23. The number of aromatic nitrogens is 15. The molecule has 26 nitrogen and oxygen atoms in total. The van der Waals surface area contributed by atoms with Crippen molar-refractivity contribution in [1.82, 2.24) is 87.6 Å². The molecule has 5 N–H and O–H groups in total. The van der Waals surface area contributed by atoms with E-state index in [1.165, 1.54) is 129 Å². The zero-order valence-electron chi connectivity index (χ0n) is 70.8. The van der Waals surface area contributed by atoms with Crippen molar-refractivity contribution in [2.45, 2.75) is 210 Å². The Hall–Kier alpha value is -11.4. The molecular weight excluding hydrogens is 1490 g/mol. The van der Waals surface area contributed by atoms with Crippen LogP contribution in [0.2, 0.25) is 0 Å². The normalized spacial score (nSPS) is 18.7. The predicted molar refractivity (Wildman–Crippen MR) is 475 cm³/mol. The second-order valence-electron chi connectivity index (χ2n) is 34.7. The van der Waals surface area contributed by atoms with E-state index >= 15 is 0 Å². The number of nitrogens with zero attached hydrogens (tertiary/aromatic N) is 18. The summed E-state index contributed by atoms with van der Waals surface area (Å²) >= 11 is 0. The monoisotopic (exact) mass is 1610 g/mol. The first-order valence-corrected chi connectivity index (χ1v) is 42.0. The number of pyridine rings is 3. The van der Waals surface area contributed by atoms with Crippen molar-refractivity contribution < 1.29 is 10.2 Å². The Balaban J connectivity index is 0.000000146. The molecule has 0 unspecified atom stereocenters.